The minimum absolute atomic E-state index is 0.157. The number of hydrogen-bond donors (Lipinski definition) is 0. The molecule has 2 heterocycles. The molecule has 26 heavy (non-hydrogen) atoms. The molecule has 1 aromatic heterocycles. The van der Waals surface area contributed by atoms with E-state index in [1.807, 2.05) is 11.8 Å². The number of thiazole rings is 1. The first-order valence-electron chi connectivity index (χ1n) is 9.69. The number of benzene rings is 1. The van der Waals surface area contributed by atoms with Crippen LogP contribution < -0.4 is 0 Å². The van der Waals surface area contributed by atoms with E-state index in [1.54, 1.807) is 0 Å². The normalized spacial score (nSPS) is 19.2. The molecule has 0 N–H and O–H groups in total. The number of nitrogens with zero attached hydrogens (tertiary/aromatic N) is 3. The summed E-state index contributed by atoms with van der Waals surface area (Å²) in [6.07, 6.45) is 5.40. The van der Waals surface area contributed by atoms with Crippen LogP contribution in [0.15, 0.2) is 24.3 Å². The van der Waals surface area contributed by atoms with E-state index in [4.69, 9.17) is 0 Å². The quantitative estimate of drug-likeness (QED) is 0.816. The van der Waals surface area contributed by atoms with Crippen LogP contribution in [0, 0.1) is 13.8 Å². The molecule has 1 amide bonds. The summed E-state index contributed by atoms with van der Waals surface area (Å²) >= 11 is 1.53. The van der Waals surface area contributed by atoms with Crippen molar-refractivity contribution in [3.63, 3.8) is 0 Å². The van der Waals surface area contributed by atoms with Crippen LogP contribution in [0.5, 0.6) is 0 Å². The zero-order valence-electron chi connectivity index (χ0n) is 15.7. The smallest absolute Gasteiger partial charge is 0.265 e. The molecule has 1 aliphatic heterocycles. The van der Waals surface area contributed by atoms with E-state index in [0.29, 0.717) is 0 Å². The Kier molecular flexibility index (Phi) is 5.09. The Morgan fingerprint density at radius 1 is 1.04 bits per heavy atom. The molecule has 0 radical (unpaired) electrons. The molecule has 0 bridgehead atoms. The second-order valence-electron chi connectivity index (χ2n) is 7.57. The number of amides is 1. The van der Waals surface area contributed by atoms with Crippen molar-refractivity contribution in [2.24, 2.45) is 0 Å². The Balaban J connectivity index is 1.44. The van der Waals surface area contributed by atoms with Crippen LogP contribution in [0.2, 0.25) is 0 Å². The number of carbonyl (C=O) groups excluding carboxylic acids is 1. The van der Waals surface area contributed by atoms with E-state index in [2.05, 4.69) is 41.1 Å². The van der Waals surface area contributed by atoms with Gasteiger partial charge in [0.05, 0.1) is 5.69 Å². The van der Waals surface area contributed by atoms with Crippen LogP contribution in [0.3, 0.4) is 0 Å². The largest absolute Gasteiger partial charge is 0.335 e. The average Bonchev–Trinajstić information content (AvgIpc) is 3.32. The fraction of sp³-hybridized carbons (Fsp3) is 0.524. The third-order valence-electron chi connectivity index (χ3n) is 5.73. The van der Waals surface area contributed by atoms with Crippen molar-refractivity contribution in [1.29, 1.82) is 0 Å². The fourth-order valence-electron chi connectivity index (χ4n) is 4.12. The van der Waals surface area contributed by atoms with E-state index in [0.717, 1.165) is 53.4 Å². The average molecular weight is 370 g/mol. The molecule has 1 aromatic carbocycles. The number of aryl methyl sites for hydroxylation is 2. The summed E-state index contributed by atoms with van der Waals surface area (Å²) in [5.74, 6) is 0.157. The van der Waals surface area contributed by atoms with Crippen molar-refractivity contribution >= 4 is 17.2 Å². The highest BCUT2D eigenvalue weighted by atomic mass is 32.1. The van der Waals surface area contributed by atoms with E-state index in [1.165, 1.54) is 42.6 Å². The molecule has 0 spiro atoms. The molecule has 1 saturated carbocycles. The van der Waals surface area contributed by atoms with Gasteiger partial charge in [-0.3, -0.25) is 9.69 Å². The standard InChI is InChI=1S/C21H27N3OS/c1-15-7-9-17(10-8-15)20-22-16(2)19(26-20)21(25)24-13-11-23(12-14-24)18-5-3-4-6-18/h7-10,18H,3-6,11-14H2,1-2H3. The zero-order chi connectivity index (χ0) is 18.1. The van der Waals surface area contributed by atoms with Crippen LogP contribution in [0.4, 0.5) is 0 Å². The Bertz CT molecular complexity index is 769. The summed E-state index contributed by atoms with van der Waals surface area (Å²) in [6.45, 7) is 7.74. The predicted molar refractivity (Wildman–Crippen MR) is 107 cm³/mol. The number of hydrogen-bond acceptors (Lipinski definition) is 4. The lowest BCUT2D eigenvalue weighted by molar-refractivity contribution is 0.0577. The van der Waals surface area contributed by atoms with Gasteiger partial charge in [0.15, 0.2) is 0 Å². The molecule has 1 aliphatic carbocycles. The third-order valence-corrected chi connectivity index (χ3v) is 6.93. The summed E-state index contributed by atoms with van der Waals surface area (Å²) in [6, 6.07) is 9.11. The molecule has 4 nitrogen and oxygen atoms in total. The summed E-state index contributed by atoms with van der Waals surface area (Å²) in [4.78, 5) is 23.1. The van der Waals surface area contributed by atoms with Gasteiger partial charge in [-0.05, 0) is 26.7 Å². The van der Waals surface area contributed by atoms with Gasteiger partial charge in [-0.2, -0.15) is 0 Å². The molecule has 5 heteroatoms. The number of aromatic nitrogens is 1. The molecule has 2 aromatic rings. The topological polar surface area (TPSA) is 36.4 Å². The van der Waals surface area contributed by atoms with Crippen molar-refractivity contribution in [2.45, 2.75) is 45.6 Å². The molecule has 2 fully saturated rings. The van der Waals surface area contributed by atoms with Gasteiger partial charge in [0.25, 0.3) is 5.91 Å². The molecule has 0 atom stereocenters. The van der Waals surface area contributed by atoms with Crippen LogP contribution in [0.25, 0.3) is 10.6 Å². The van der Waals surface area contributed by atoms with Crippen LogP contribution in [-0.2, 0) is 0 Å². The molecule has 138 valence electrons. The molecular weight excluding hydrogens is 342 g/mol. The molecule has 0 unspecified atom stereocenters. The summed E-state index contributed by atoms with van der Waals surface area (Å²) < 4.78 is 0. The van der Waals surface area contributed by atoms with Crippen LogP contribution in [0.1, 0.15) is 46.6 Å². The highest BCUT2D eigenvalue weighted by Crippen LogP contribution is 2.30. The first-order chi connectivity index (χ1) is 12.6. The van der Waals surface area contributed by atoms with E-state index < -0.39 is 0 Å². The Hall–Kier alpha value is -1.72. The Morgan fingerprint density at radius 3 is 2.35 bits per heavy atom. The van der Waals surface area contributed by atoms with Gasteiger partial charge in [-0.1, -0.05) is 42.7 Å². The third kappa shape index (κ3) is 3.55. The highest BCUT2D eigenvalue weighted by molar-refractivity contribution is 7.17. The number of rotatable bonds is 3. The van der Waals surface area contributed by atoms with Crippen molar-refractivity contribution in [3.8, 4) is 10.6 Å². The first-order valence-corrected chi connectivity index (χ1v) is 10.5. The van der Waals surface area contributed by atoms with Crippen molar-refractivity contribution in [2.75, 3.05) is 26.2 Å². The fourth-order valence-corrected chi connectivity index (χ4v) is 5.16. The number of piperazine rings is 1. The van der Waals surface area contributed by atoms with Crippen molar-refractivity contribution in [1.82, 2.24) is 14.8 Å². The van der Waals surface area contributed by atoms with E-state index >= 15 is 0 Å². The van der Waals surface area contributed by atoms with Gasteiger partial charge < -0.3 is 4.90 Å². The minimum atomic E-state index is 0.157. The van der Waals surface area contributed by atoms with Gasteiger partial charge in [-0.25, -0.2) is 4.98 Å². The Morgan fingerprint density at radius 2 is 1.69 bits per heavy atom. The summed E-state index contributed by atoms with van der Waals surface area (Å²) in [7, 11) is 0. The van der Waals surface area contributed by atoms with E-state index in [9.17, 15) is 4.79 Å². The van der Waals surface area contributed by atoms with Gasteiger partial charge in [0.1, 0.15) is 9.88 Å². The molecule has 1 saturated heterocycles. The van der Waals surface area contributed by atoms with Gasteiger partial charge in [0, 0.05) is 37.8 Å². The van der Waals surface area contributed by atoms with Crippen LogP contribution in [-0.4, -0.2) is 52.9 Å². The maximum Gasteiger partial charge on any atom is 0.265 e. The van der Waals surface area contributed by atoms with Gasteiger partial charge >= 0.3 is 0 Å². The van der Waals surface area contributed by atoms with Crippen molar-refractivity contribution < 1.29 is 4.79 Å². The second kappa shape index (κ2) is 7.49. The van der Waals surface area contributed by atoms with Crippen LogP contribution >= 0.6 is 11.3 Å². The lowest BCUT2D eigenvalue weighted by Crippen LogP contribution is -2.51. The molecular formula is C21H27N3OS. The lowest BCUT2D eigenvalue weighted by atomic mass is 10.1. The monoisotopic (exact) mass is 369 g/mol. The Labute approximate surface area is 159 Å². The van der Waals surface area contributed by atoms with Gasteiger partial charge in [0.2, 0.25) is 0 Å². The summed E-state index contributed by atoms with van der Waals surface area (Å²) in [5, 5.41) is 0.940. The highest BCUT2D eigenvalue weighted by Gasteiger charge is 2.29. The van der Waals surface area contributed by atoms with Gasteiger partial charge in [-0.15, -0.1) is 11.3 Å². The van der Waals surface area contributed by atoms with E-state index in [-0.39, 0.29) is 5.91 Å². The van der Waals surface area contributed by atoms with Crippen molar-refractivity contribution in [3.05, 3.63) is 40.4 Å². The zero-order valence-corrected chi connectivity index (χ0v) is 16.5. The second-order valence-corrected chi connectivity index (χ2v) is 8.57. The maximum atomic E-state index is 13.0. The minimum Gasteiger partial charge on any atom is -0.335 e. The first kappa shape index (κ1) is 17.7. The summed E-state index contributed by atoms with van der Waals surface area (Å²) in [5.41, 5.74) is 3.18. The number of carbonyl (C=O) groups is 1. The molecule has 2 aliphatic rings. The molecule has 4 rings (SSSR count). The predicted octanol–water partition coefficient (Wildman–Crippen LogP) is 4.13. The SMILES string of the molecule is Cc1ccc(-c2nc(C)c(C(=O)N3CCN(C4CCCC4)CC3)s2)cc1. The lowest BCUT2D eigenvalue weighted by Gasteiger charge is -2.37. The maximum absolute atomic E-state index is 13.0.